The van der Waals surface area contributed by atoms with Crippen molar-refractivity contribution in [2.75, 3.05) is 13.2 Å². The van der Waals surface area contributed by atoms with Crippen molar-refractivity contribution in [2.24, 2.45) is 0 Å². The van der Waals surface area contributed by atoms with Gasteiger partial charge in [0.1, 0.15) is 0 Å². The van der Waals surface area contributed by atoms with E-state index in [0.717, 1.165) is 13.0 Å². The van der Waals surface area contributed by atoms with E-state index in [4.69, 9.17) is 16.9 Å². The molecule has 1 fully saturated rings. The van der Waals surface area contributed by atoms with Gasteiger partial charge in [-0.05, 0) is 29.7 Å². The van der Waals surface area contributed by atoms with Crippen LogP contribution in [0, 0.1) is 0 Å². The smallest absolute Gasteiger partial charge is 0.0600 e. The van der Waals surface area contributed by atoms with Crippen molar-refractivity contribution in [1.82, 2.24) is 4.42 Å². The maximum atomic E-state index is 9.08. The fraction of sp³-hybridized carbons (Fsp3) is 0.455. The molecule has 1 aliphatic rings. The average Bonchev–Trinajstić information content (AvgIpc) is 2.61. The number of hydrogen-bond acceptors (Lipinski definition) is 2. The summed E-state index contributed by atoms with van der Waals surface area (Å²) in [6, 6.07) is 10.5. The maximum Gasteiger partial charge on any atom is 0.0600 e. The largest absolute Gasteiger partial charge is 0.395 e. The summed E-state index contributed by atoms with van der Waals surface area (Å²) in [6.45, 7) is 0.976. The zero-order chi connectivity index (χ0) is 9.97. The quantitative estimate of drug-likeness (QED) is 0.757. The minimum atomic E-state index is 0.113. The van der Waals surface area contributed by atoms with E-state index in [9.17, 15) is 0 Å². The van der Waals surface area contributed by atoms with Crippen LogP contribution in [0.15, 0.2) is 30.3 Å². The van der Waals surface area contributed by atoms with Gasteiger partial charge in [-0.1, -0.05) is 30.3 Å². The van der Waals surface area contributed by atoms with Crippen molar-refractivity contribution in [3.8, 4) is 0 Å². The highest BCUT2D eigenvalue weighted by Gasteiger charge is 2.31. The van der Waals surface area contributed by atoms with Gasteiger partial charge in [0.05, 0.1) is 6.61 Å². The first-order valence-corrected chi connectivity index (χ1v) is 5.23. The Hall–Kier alpha value is -0.570. The molecular weight excluding hydrogens is 198 g/mol. The van der Waals surface area contributed by atoms with E-state index in [-0.39, 0.29) is 12.6 Å². The zero-order valence-electron chi connectivity index (χ0n) is 7.94. The summed E-state index contributed by atoms with van der Waals surface area (Å²) in [7, 11) is 0. The highest BCUT2D eigenvalue weighted by molar-refractivity contribution is 6.13. The highest BCUT2D eigenvalue weighted by Crippen LogP contribution is 2.32. The van der Waals surface area contributed by atoms with Crippen LogP contribution < -0.4 is 0 Å². The summed E-state index contributed by atoms with van der Waals surface area (Å²) in [6.07, 6.45) is 0.948. The van der Waals surface area contributed by atoms with Crippen LogP contribution in [-0.4, -0.2) is 28.7 Å². The van der Waals surface area contributed by atoms with Crippen LogP contribution in [0.25, 0.3) is 0 Å². The summed E-state index contributed by atoms with van der Waals surface area (Å²) in [5.41, 5.74) is 1.31. The molecule has 0 spiro atoms. The Bertz CT molecular complexity index is 291. The molecule has 76 valence electrons. The Morgan fingerprint density at radius 3 is 2.64 bits per heavy atom. The Labute approximate surface area is 89.2 Å². The second-order valence-corrected chi connectivity index (χ2v) is 4.20. The topological polar surface area (TPSA) is 23.5 Å². The minimum Gasteiger partial charge on any atom is -0.395 e. The van der Waals surface area contributed by atoms with Gasteiger partial charge >= 0.3 is 0 Å². The molecule has 2 unspecified atom stereocenters. The van der Waals surface area contributed by atoms with E-state index < -0.39 is 0 Å². The van der Waals surface area contributed by atoms with Gasteiger partial charge in [0.2, 0.25) is 0 Å². The van der Waals surface area contributed by atoms with E-state index in [1.165, 1.54) is 5.56 Å². The standard InChI is InChI=1S/C11H14ClNO/c12-13-7-10(6-11(13)8-14)9-4-2-1-3-5-9/h1-5,10-11,14H,6-8H2. The lowest BCUT2D eigenvalue weighted by Crippen LogP contribution is -2.23. The monoisotopic (exact) mass is 211 g/mol. The molecule has 0 amide bonds. The fourth-order valence-corrected chi connectivity index (χ4v) is 2.31. The highest BCUT2D eigenvalue weighted by atomic mass is 35.5. The molecule has 1 aliphatic heterocycles. The molecule has 0 aromatic heterocycles. The van der Waals surface area contributed by atoms with Crippen LogP contribution in [0.5, 0.6) is 0 Å². The fourth-order valence-electron chi connectivity index (χ4n) is 2.01. The summed E-state index contributed by atoms with van der Waals surface area (Å²) in [4.78, 5) is 0. The first-order valence-electron chi connectivity index (χ1n) is 4.89. The predicted molar refractivity (Wildman–Crippen MR) is 57.2 cm³/mol. The molecule has 0 aliphatic carbocycles. The van der Waals surface area contributed by atoms with Crippen LogP contribution >= 0.6 is 11.8 Å². The van der Waals surface area contributed by atoms with Crippen molar-refractivity contribution in [2.45, 2.75) is 18.4 Å². The minimum absolute atomic E-state index is 0.113. The number of benzene rings is 1. The molecule has 0 radical (unpaired) electrons. The third kappa shape index (κ3) is 1.92. The summed E-state index contributed by atoms with van der Waals surface area (Å²) >= 11 is 6.00. The van der Waals surface area contributed by atoms with Gasteiger partial charge in [-0.2, -0.15) is 0 Å². The normalized spacial score (nSPS) is 28.1. The molecule has 2 nitrogen and oxygen atoms in total. The van der Waals surface area contributed by atoms with Crippen LogP contribution in [-0.2, 0) is 0 Å². The second kappa shape index (κ2) is 4.30. The SMILES string of the molecule is OCC1CC(c2ccccc2)CN1Cl. The van der Waals surface area contributed by atoms with Crippen molar-refractivity contribution < 1.29 is 5.11 Å². The van der Waals surface area contributed by atoms with E-state index >= 15 is 0 Å². The van der Waals surface area contributed by atoms with E-state index in [1.807, 2.05) is 18.2 Å². The van der Waals surface area contributed by atoms with E-state index in [1.54, 1.807) is 4.42 Å². The molecule has 1 heterocycles. The molecule has 2 atom stereocenters. The Balaban J connectivity index is 2.09. The van der Waals surface area contributed by atoms with Gasteiger partial charge < -0.3 is 5.11 Å². The maximum absolute atomic E-state index is 9.08. The van der Waals surface area contributed by atoms with Gasteiger partial charge in [0.25, 0.3) is 0 Å². The lowest BCUT2D eigenvalue weighted by molar-refractivity contribution is 0.217. The molecule has 1 aromatic rings. The van der Waals surface area contributed by atoms with Crippen molar-refractivity contribution in [3.05, 3.63) is 35.9 Å². The number of halogens is 1. The molecule has 0 saturated carbocycles. The van der Waals surface area contributed by atoms with Gasteiger partial charge in [-0.25, -0.2) is 4.42 Å². The zero-order valence-corrected chi connectivity index (χ0v) is 8.69. The van der Waals surface area contributed by atoms with Crippen molar-refractivity contribution in [3.63, 3.8) is 0 Å². The van der Waals surface area contributed by atoms with Gasteiger partial charge in [-0.3, -0.25) is 0 Å². The molecule has 1 saturated heterocycles. The number of aliphatic hydroxyl groups is 1. The number of hydrogen-bond donors (Lipinski definition) is 1. The van der Waals surface area contributed by atoms with Crippen LogP contribution in [0.3, 0.4) is 0 Å². The van der Waals surface area contributed by atoms with E-state index in [0.29, 0.717) is 5.92 Å². The molecule has 2 rings (SSSR count). The predicted octanol–water partition coefficient (Wildman–Crippen LogP) is 1.99. The third-order valence-electron chi connectivity index (χ3n) is 2.83. The summed E-state index contributed by atoms with van der Waals surface area (Å²) in [5, 5.41) is 9.08. The molecule has 0 bridgehead atoms. The number of rotatable bonds is 2. The molecule has 1 N–H and O–H groups in total. The van der Waals surface area contributed by atoms with Crippen LogP contribution in [0.1, 0.15) is 17.9 Å². The second-order valence-electron chi connectivity index (χ2n) is 3.76. The molecule has 14 heavy (non-hydrogen) atoms. The number of nitrogens with zero attached hydrogens (tertiary/aromatic N) is 1. The van der Waals surface area contributed by atoms with E-state index in [2.05, 4.69) is 12.1 Å². The van der Waals surface area contributed by atoms with Gasteiger partial charge in [-0.15, -0.1) is 0 Å². The summed E-state index contributed by atoms with van der Waals surface area (Å²) < 4.78 is 1.72. The first kappa shape index (κ1) is 9.97. The van der Waals surface area contributed by atoms with Gasteiger partial charge in [0.15, 0.2) is 0 Å². The Morgan fingerprint density at radius 2 is 2.07 bits per heavy atom. The van der Waals surface area contributed by atoms with Crippen LogP contribution in [0.2, 0.25) is 0 Å². The van der Waals surface area contributed by atoms with Crippen LogP contribution in [0.4, 0.5) is 0 Å². The van der Waals surface area contributed by atoms with Gasteiger partial charge in [0, 0.05) is 12.6 Å². The van der Waals surface area contributed by atoms with Crippen molar-refractivity contribution in [1.29, 1.82) is 0 Å². The lowest BCUT2D eigenvalue weighted by Gasteiger charge is -2.11. The average molecular weight is 212 g/mol. The Morgan fingerprint density at radius 1 is 1.36 bits per heavy atom. The number of aliphatic hydroxyl groups excluding tert-OH is 1. The molecular formula is C11H14ClNO. The first-order chi connectivity index (χ1) is 6.81. The molecule has 3 heteroatoms. The Kier molecular flexibility index (Phi) is 3.06. The van der Waals surface area contributed by atoms with Crippen molar-refractivity contribution >= 4 is 11.8 Å². The third-order valence-corrected chi connectivity index (χ3v) is 3.24. The molecule has 1 aromatic carbocycles. The lowest BCUT2D eigenvalue weighted by atomic mass is 9.97. The summed E-state index contributed by atoms with van der Waals surface area (Å²) in [5.74, 6) is 0.464.